The highest BCUT2D eigenvalue weighted by Gasteiger charge is 2.28. The molecule has 5 heteroatoms. The maximum absolute atomic E-state index is 11.3. The second kappa shape index (κ2) is 6.37. The average Bonchev–Trinajstić information content (AvgIpc) is 2.13. The van der Waals surface area contributed by atoms with E-state index in [4.69, 9.17) is 9.94 Å². The summed E-state index contributed by atoms with van der Waals surface area (Å²) in [5.41, 5.74) is 1.47. The van der Waals surface area contributed by atoms with Crippen LogP contribution in [0.3, 0.4) is 0 Å². The summed E-state index contributed by atoms with van der Waals surface area (Å²) in [6, 6.07) is 0. The topological polar surface area (TPSA) is 75.6 Å². The first-order valence-electron chi connectivity index (χ1n) is 4.63. The summed E-state index contributed by atoms with van der Waals surface area (Å²) >= 11 is 0. The van der Waals surface area contributed by atoms with Crippen LogP contribution < -0.4 is 5.48 Å². The van der Waals surface area contributed by atoms with Crippen LogP contribution in [0.1, 0.15) is 27.2 Å². The molecule has 0 aliphatic heterocycles. The van der Waals surface area contributed by atoms with Gasteiger partial charge in [-0.3, -0.25) is 14.8 Å². The van der Waals surface area contributed by atoms with Crippen LogP contribution in [0.2, 0.25) is 0 Å². The van der Waals surface area contributed by atoms with Crippen LogP contribution in [-0.2, 0) is 14.3 Å². The van der Waals surface area contributed by atoms with Crippen LogP contribution >= 0.6 is 0 Å². The third-order valence-corrected chi connectivity index (χ3v) is 1.70. The zero-order chi connectivity index (χ0) is 11.1. The quantitative estimate of drug-likeness (QED) is 0.299. The highest BCUT2D eigenvalue weighted by Crippen LogP contribution is 2.13. The van der Waals surface area contributed by atoms with E-state index in [1.54, 1.807) is 6.92 Å². The molecule has 0 aliphatic carbocycles. The molecule has 0 aromatic rings. The highest BCUT2D eigenvalue weighted by molar-refractivity contribution is 5.97. The van der Waals surface area contributed by atoms with Crippen molar-refractivity contribution in [2.75, 3.05) is 6.61 Å². The molecule has 2 N–H and O–H groups in total. The standard InChI is InChI=1S/C9H17NO4/c1-4-14-9(12)7(5-6(2)3)8(11)10-13/h6-7,13H,4-5H2,1-3H3,(H,10,11)/t7-/m1/s1. The first kappa shape index (κ1) is 12.9. The Morgan fingerprint density at radius 2 is 2.00 bits per heavy atom. The molecule has 14 heavy (non-hydrogen) atoms. The van der Waals surface area contributed by atoms with Crippen LogP contribution in [0.5, 0.6) is 0 Å². The molecule has 5 nitrogen and oxygen atoms in total. The monoisotopic (exact) mass is 203 g/mol. The van der Waals surface area contributed by atoms with Gasteiger partial charge >= 0.3 is 5.97 Å². The van der Waals surface area contributed by atoms with Crippen LogP contribution in [0.15, 0.2) is 0 Å². The van der Waals surface area contributed by atoms with E-state index >= 15 is 0 Å². The van der Waals surface area contributed by atoms with Gasteiger partial charge in [-0.05, 0) is 19.3 Å². The lowest BCUT2D eigenvalue weighted by molar-refractivity contribution is -0.155. The molecule has 0 saturated carbocycles. The van der Waals surface area contributed by atoms with Gasteiger partial charge in [-0.25, -0.2) is 5.48 Å². The maximum Gasteiger partial charge on any atom is 0.318 e. The van der Waals surface area contributed by atoms with Crippen LogP contribution in [0, 0.1) is 11.8 Å². The Bertz CT molecular complexity index is 203. The van der Waals surface area contributed by atoms with E-state index in [-0.39, 0.29) is 12.5 Å². The number of hydrogen-bond donors (Lipinski definition) is 2. The first-order chi connectivity index (χ1) is 6.52. The van der Waals surface area contributed by atoms with Gasteiger partial charge < -0.3 is 4.74 Å². The molecule has 0 rings (SSSR count). The Kier molecular flexibility index (Phi) is 5.87. The van der Waals surface area contributed by atoms with Gasteiger partial charge in [0.25, 0.3) is 5.91 Å². The molecule has 0 aromatic heterocycles. The summed E-state index contributed by atoms with van der Waals surface area (Å²) < 4.78 is 4.72. The molecule has 82 valence electrons. The minimum Gasteiger partial charge on any atom is -0.465 e. The van der Waals surface area contributed by atoms with Gasteiger partial charge in [0.2, 0.25) is 0 Å². The van der Waals surface area contributed by atoms with Crippen molar-refractivity contribution in [1.29, 1.82) is 0 Å². The average molecular weight is 203 g/mol. The molecule has 0 unspecified atom stereocenters. The van der Waals surface area contributed by atoms with Gasteiger partial charge in [0.1, 0.15) is 5.92 Å². The van der Waals surface area contributed by atoms with Crippen molar-refractivity contribution >= 4 is 11.9 Å². The molecule has 0 radical (unpaired) electrons. The molecule has 0 fully saturated rings. The van der Waals surface area contributed by atoms with Crippen molar-refractivity contribution in [2.24, 2.45) is 11.8 Å². The number of hydroxylamine groups is 1. The number of esters is 1. The SMILES string of the molecule is CCOC(=O)[C@H](CC(C)C)C(=O)NO. The van der Waals surface area contributed by atoms with Crippen molar-refractivity contribution in [3.63, 3.8) is 0 Å². The Morgan fingerprint density at radius 3 is 2.36 bits per heavy atom. The molecule has 0 bridgehead atoms. The molecule has 0 heterocycles. The fourth-order valence-corrected chi connectivity index (χ4v) is 1.10. The van der Waals surface area contributed by atoms with E-state index in [2.05, 4.69) is 0 Å². The number of nitrogens with one attached hydrogen (secondary N) is 1. The number of carbonyl (C=O) groups excluding carboxylic acids is 2. The Hall–Kier alpha value is -1.10. The van der Waals surface area contributed by atoms with Crippen molar-refractivity contribution in [2.45, 2.75) is 27.2 Å². The van der Waals surface area contributed by atoms with Crippen molar-refractivity contribution < 1.29 is 19.5 Å². The summed E-state index contributed by atoms with van der Waals surface area (Å²) in [6.45, 7) is 5.67. The molecule has 0 aliphatic rings. The van der Waals surface area contributed by atoms with Gasteiger partial charge in [-0.1, -0.05) is 13.8 Å². The van der Waals surface area contributed by atoms with E-state index in [1.165, 1.54) is 5.48 Å². The van der Waals surface area contributed by atoms with Crippen LogP contribution in [0.25, 0.3) is 0 Å². The van der Waals surface area contributed by atoms with E-state index in [0.29, 0.717) is 6.42 Å². The summed E-state index contributed by atoms with van der Waals surface area (Å²) in [4.78, 5) is 22.4. The predicted molar refractivity (Wildman–Crippen MR) is 49.5 cm³/mol. The lowest BCUT2D eigenvalue weighted by Crippen LogP contribution is -2.35. The second-order valence-electron chi connectivity index (χ2n) is 3.41. The number of carbonyl (C=O) groups is 2. The summed E-state index contributed by atoms with van der Waals surface area (Å²) in [5, 5.41) is 8.43. The Morgan fingerprint density at radius 1 is 1.43 bits per heavy atom. The van der Waals surface area contributed by atoms with E-state index in [0.717, 1.165) is 0 Å². The fourth-order valence-electron chi connectivity index (χ4n) is 1.10. The van der Waals surface area contributed by atoms with Crippen molar-refractivity contribution in [1.82, 2.24) is 5.48 Å². The van der Waals surface area contributed by atoms with Gasteiger partial charge in [-0.2, -0.15) is 0 Å². The lowest BCUT2D eigenvalue weighted by Gasteiger charge is -2.15. The van der Waals surface area contributed by atoms with Crippen LogP contribution in [0.4, 0.5) is 0 Å². The zero-order valence-electron chi connectivity index (χ0n) is 8.74. The molecule has 1 atom stereocenters. The molecular weight excluding hydrogens is 186 g/mol. The van der Waals surface area contributed by atoms with E-state index in [9.17, 15) is 9.59 Å². The van der Waals surface area contributed by atoms with E-state index in [1.807, 2.05) is 13.8 Å². The summed E-state index contributed by atoms with van der Waals surface area (Å²) in [5.74, 6) is -2.04. The largest absolute Gasteiger partial charge is 0.465 e. The van der Waals surface area contributed by atoms with Gasteiger partial charge in [-0.15, -0.1) is 0 Å². The zero-order valence-corrected chi connectivity index (χ0v) is 8.74. The number of ether oxygens (including phenoxy) is 1. The number of amides is 1. The van der Waals surface area contributed by atoms with Gasteiger partial charge in [0, 0.05) is 0 Å². The van der Waals surface area contributed by atoms with Gasteiger partial charge in [0.15, 0.2) is 0 Å². The number of rotatable bonds is 5. The highest BCUT2D eigenvalue weighted by atomic mass is 16.5. The normalized spacial score (nSPS) is 12.4. The number of hydrogen-bond acceptors (Lipinski definition) is 4. The molecule has 1 amide bonds. The van der Waals surface area contributed by atoms with E-state index < -0.39 is 17.8 Å². The lowest BCUT2D eigenvalue weighted by atomic mass is 9.97. The third-order valence-electron chi connectivity index (χ3n) is 1.70. The second-order valence-corrected chi connectivity index (χ2v) is 3.41. The van der Waals surface area contributed by atoms with Crippen LogP contribution in [-0.4, -0.2) is 23.7 Å². The van der Waals surface area contributed by atoms with Crippen molar-refractivity contribution in [3.8, 4) is 0 Å². The molecule has 0 saturated heterocycles. The summed E-state index contributed by atoms with van der Waals surface area (Å²) in [7, 11) is 0. The summed E-state index contributed by atoms with van der Waals surface area (Å²) in [6.07, 6.45) is 0.366. The molecular formula is C9H17NO4. The Balaban J connectivity index is 4.38. The maximum atomic E-state index is 11.3. The minimum absolute atomic E-state index is 0.182. The Labute approximate surface area is 83.4 Å². The molecule has 0 aromatic carbocycles. The fraction of sp³-hybridized carbons (Fsp3) is 0.778. The predicted octanol–water partition coefficient (Wildman–Crippen LogP) is 0.717. The minimum atomic E-state index is -0.917. The first-order valence-corrected chi connectivity index (χ1v) is 4.63. The van der Waals surface area contributed by atoms with Crippen molar-refractivity contribution in [3.05, 3.63) is 0 Å². The molecule has 0 spiro atoms. The third kappa shape index (κ3) is 4.23. The van der Waals surface area contributed by atoms with Gasteiger partial charge in [0.05, 0.1) is 6.61 Å². The smallest absolute Gasteiger partial charge is 0.318 e.